The summed E-state index contributed by atoms with van der Waals surface area (Å²) in [4.78, 5) is 24.9. The van der Waals surface area contributed by atoms with Crippen molar-refractivity contribution >= 4 is 11.6 Å². The molecule has 4 aliphatic rings. The number of carbonyl (C=O) groups is 2. The third-order valence-corrected chi connectivity index (χ3v) is 8.44. The van der Waals surface area contributed by atoms with Crippen molar-refractivity contribution in [3.63, 3.8) is 0 Å². The van der Waals surface area contributed by atoms with E-state index >= 15 is 0 Å². The second-order valence-electron chi connectivity index (χ2n) is 9.31. The second-order valence-corrected chi connectivity index (χ2v) is 9.31. The molecule has 4 heteroatoms. The molecule has 0 aromatic carbocycles. The van der Waals surface area contributed by atoms with Crippen LogP contribution in [-0.4, -0.2) is 17.7 Å². The van der Waals surface area contributed by atoms with Crippen LogP contribution in [0.1, 0.15) is 47.0 Å². The number of alkyl halides is 1. The predicted octanol–water partition coefficient (Wildman–Crippen LogP) is 3.90. The van der Waals surface area contributed by atoms with Gasteiger partial charge in [0.05, 0.1) is 5.70 Å². The maximum atomic E-state index is 14.4. The van der Waals surface area contributed by atoms with Crippen LogP contribution in [0.4, 0.5) is 4.39 Å². The summed E-state index contributed by atoms with van der Waals surface area (Å²) < 4.78 is 14.4. The van der Waals surface area contributed by atoms with E-state index in [1.165, 1.54) is 0 Å². The fourth-order valence-electron chi connectivity index (χ4n) is 6.79. The van der Waals surface area contributed by atoms with E-state index < -0.39 is 11.6 Å². The summed E-state index contributed by atoms with van der Waals surface area (Å²) in [7, 11) is 0. The first-order valence-electron chi connectivity index (χ1n) is 9.66. The molecular formula is C22H28FNO2. The van der Waals surface area contributed by atoms with Crippen molar-refractivity contribution in [3.05, 3.63) is 35.1 Å². The number of fused-ring (bicyclic) bond motifs is 5. The zero-order valence-corrected chi connectivity index (χ0v) is 16.1. The van der Waals surface area contributed by atoms with Crippen molar-refractivity contribution in [1.29, 1.82) is 0 Å². The van der Waals surface area contributed by atoms with Crippen LogP contribution in [-0.2, 0) is 9.59 Å². The van der Waals surface area contributed by atoms with Crippen molar-refractivity contribution in [3.8, 4) is 0 Å². The number of ketones is 2. The van der Waals surface area contributed by atoms with Crippen molar-refractivity contribution < 1.29 is 14.0 Å². The predicted molar refractivity (Wildman–Crippen MR) is 98.7 cm³/mol. The average Bonchev–Trinajstić information content (AvgIpc) is 2.81. The first-order chi connectivity index (χ1) is 12.0. The SMILES string of the molecule is C=C1C2=C(N)C(=O)C=C(C)[C@]2(C)[C@H]2CC[C@]3(C)C(=O)[C@H](F)C[C@H]3[C@@H]2[C@@H]1C. The van der Waals surface area contributed by atoms with Crippen molar-refractivity contribution in [2.45, 2.75) is 53.1 Å². The van der Waals surface area contributed by atoms with Crippen LogP contribution < -0.4 is 5.73 Å². The zero-order valence-electron chi connectivity index (χ0n) is 16.1. The number of nitrogens with two attached hydrogens (primary N) is 1. The van der Waals surface area contributed by atoms with Crippen LogP contribution in [0.5, 0.6) is 0 Å². The monoisotopic (exact) mass is 357 g/mol. The molecule has 0 unspecified atom stereocenters. The number of Topliss-reactive ketones (excluding diaryl/α,β-unsaturated/α-hetero) is 1. The van der Waals surface area contributed by atoms with E-state index in [0.29, 0.717) is 18.5 Å². The lowest BCUT2D eigenvalue weighted by atomic mass is 9.44. The molecule has 0 aromatic rings. The van der Waals surface area contributed by atoms with Gasteiger partial charge in [0.1, 0.15) is 0 Å². The van der Waals surface area contributed by atoms with Crippen LogP contribution >= 0.6 is 0 Å². The zero-order chi connectivity index (χ0) is 19.2. The molecule has 0 aliphatic heterocycles. The summed E-state index contributed by atoms with van der Waals surface area (Å²) in [5, 5.41) is 0. The first-order valence-corrected chi connectivity index (χ1v) is 9.66. The molecule has 0 bridgehead atoms. The maximum absolute atomic E-state index is 14.4. The summed E-state index contributed by atoms with van der Waals surface area (Å²) in [6, 6.07) is 0. The fraction of sp³-hybridized carbons (Fsp3) is 0.636. The molecule has 0 heterocycles. The molecular weight excluding hydrogens is 329 g/mol. The molecule has 4 aliphatic carbocycles. The highest BCUT2D eigenvalue weighted by Crippen LogP contribution is 2.67. The van der Waals surface area contributed by atoms with E-state index in [4.69, 9.17) is 5.73 Å². The molecule has 0 aromatic heterocycles. The molecule has 0 amide bonds. The second kappa shape index (κ2) is 5.17. The van der Waals surface area contributed by atoms with Gasteiger partial charge in [-0.2, -0.15) is 0 Å². The van der Waals surface area contributed by atoms with Gasteiger partial charge in [0.15, 0.2) is 12.0 Å². The van der Waals surface area contributed by atoms with Gasteiger partial charge in [0.25, 0.3) is 0 Å². The number of allylic oxidation sites excluding steroid dienone is 4. The van der Waals surface area contributed by atoms with E-state index in [0.717, 1.165) is 23.1 Å². The highest BCUT2D eigenvalue weighted by molar-refractivity contribution is 6.06. The van der Waals surface area contributed by atoms with Crippen molar-refractivity contribution in [1.82, 2.24) is 0 Å². The van der Waals surface area contributed by atoms with E-state index in [2.05, 4.69) is 20.4 Å². The van der Waals surface area contributed by atoms with Gasteiger partial charge in [-0.3, -0.25) is 9.59 Å². The van der Waals surface area contributed by atoms with Gasteiger partial charge >= 0.3 is 0 Å². The van der Waals surface area contributed by atoms with E-state index in [1.807, 2.05) is 13.8 Å². The highest BCUT2D eigenvalue weighted by atomic mass is 19.1. The maximum Gasteiger partial charge on any atom is 0.201 e. The van der Waals surface area contributed by atoms with Crippen LogP contribution in [0.15, 0.2) is 35.1 Å². The topological polar surface area (TPSA) is 60.2 Å². The summed E-state index contributed by atoms with van der Waals surface area (Å²) in [5.74, 6) is 0.197. The molecule has 2 N–H and O–H groups in total. The van der Waals surface area contributed by atoms with Crippen molar-refractivity contribution in [2.24, 2.45) is 40.2 Å². The lowest BCUT2D eigenvalue weighted by Gasteiger charge is -2.59. The molecule has 0 radical (unpaired) electrons. The quantitative estimate of drug-likeness (QED) is 0.715. The Bertz CT molecular complexity index is 809. The Morgan fingerprint density at radius 1 is 1.27 bits per heavy atom. The third kappa shape index (κ3) is 1.83. The minimum Gasteiger partial charge on any atom is -0.395 e. The Morgan fingerprint density at radius 3 is 2.58 bits per heavy atom. The minimum atomic E-state index is -1.34. The molecule has 26 heavy (non-hydrogen) atoms. The smallest absolute Gasteiger partial charge is 0.201 e. The van der Waals surface area contributed by atoms with Crippen LogP contribution in [0, 0.1) is 34.5 Å². The summed E-state index contributed by atoms with van der Waals surface area (Å²) in [6.07, 6.45) is 2.19. The number of hydrogen-bond donors (Lipinski definition) is 1. The van der Waals surface area contributed by atoms with Crippen LogP contribution in [0.2, 0.25) is 0 Å². The third-order valence-electron chi connectivity index (χ3n) is 8.44. The van der Waals surface area contributed by atoms with E-state index in [9.17, 15) is 14.0 Å². The standard InChI is InChI=1S/C22H28FNO2/c1-10-8-16(25)19(24)18-12(3)11(2)17-13(22(10,18)5)6-7-21(4)14(17)9-15(23)20(21)26/h8,11,13-15,17H,3,6-7,9,24H2,1-2,4-5H3/t11-,13+,14+,15-,17-,21+,22-/m1/s1. The fourth-order valence-corrected chi connectivity index (χ4v) is 6.79. The Hall–Kier alpha value is -1.71. The molecule has 4 rings (SSSR count). The molecule has 3 fully saturated rings. The number of hydrogen-bond acceptors (Lipinski definition) is 3. The number of halogens is 1. The van der Waals surface area contributed by atoms with Gasteiger partial charge in [0.2, 0.25) is 5.78 Å². The Kier molecular flexibility index (Phi) is 3.52. The Balaban J connectivity index is 1.89. The summed E-state index contributed by atoms with van der Waals surface area (Å²) >= 11 is 0. The normalized spacial score (nSPS) is 48.1. The Labute approximate surface area is 154 Å². The molecule has 3 nitrogen and oxygen atoms in total. The largest absolute Gasteiger partial charge is 0.395 e. The van der Waals surface area contributed by atoms with Gasteiger partial charge in [0, 0.05) is 10.8 Å². The molecule has 0 spiro atoms. The number of carbonyl (C=O) groups excluding carboxylic acids is 2. The molecule has 0 saturated heterocycles. The lowest BCUT2D eigenvalue weighted by Crippen LogP contribution is -2.55. The molecule has 140 valence electrons. The number of rotatable bonds is 0. The average molecular weight is 357 g/mol. The minimum absolute atomic E-state index is 0.0283. The van der Waals surface area contributed by atoms with Gasteiger partial charge in [-0.25, -0.2) is 4.39 Å². The van der Waals surface area contributed by atoms with E-state index in [1.54, 1.807) is 6.08 Å². The van der Waals surface area contributed by atoms with E-state index in [-0.39, 0.29) is 40.7 Å². The van der Waals surface area contributed by atoms with Crippen molar-refractivity contribution in [2.75, 3.05) is 0 Å². The highest BCUT2D eigenvalue weighted by Gasteiger charge is 2.64. The molecule has 3 saturated carbocycles. The van der Waals surface area contributed by atoms with Crippen LogP contribution in [0.25, 0.3) is 0 Å². The summed E-state index contributed by atoms with van der Waals surface area (Å²) in [5.41, 5.74) is 8.43. The lowest BCUT2D eigenvalue weighted by molar-refractivity contribution is -0.135. The van der Waals surface area contributed by atoms with Gasteiger partial charge in [-0.15, -0.1) is 0 Å². The van der Waals surface area contributed by atoms with Gasteiger partial charge in [-0.1, -0.05) is 32.9 Å². The summed E-state index contributed by atoms with van der Waals surface area (Å²) in [6.45, 7) is 12.5. The van der Waals surface area contributed by atoms with Crippen LogP contribution in [0.3, 0.4) is 0 Å². The Morgan fingerprint density at radius 2 is 1.92 bits per heavy atom. The van der Waals surface area contributed by atoms with Gasteiger partial charge < -0.3 is 5.73 Å². The molecule has 7 atom stereocenters. The first kappa shape index (κ1) is 17.7. The van der Waals surface area contributed by atoms with Gasteiger partial charge in [-0.05, 0) is 67.1 Å².